The number of likely N-dealkylation sites (N-methyl/N-ethyl adjacent to an activating group) is 1. The monoisotopic (exact) mass is 363 g/mol. The van der Waals surface area contributed by atoms with Gasteiger partial charge in [0, 0.05) is 12.0 Å². The second-order valence-electron chi connectivity index (χ2n) is 7.30. The van der Waals surface area contributed by atoms with Gasteiger partial charge in [-0.05, 0) is 33.4 Å². The molecule has 0 radical (unpaired) electrons. The fraction of sp³-hybridized carbons (Fsp3) is 0.526. The average Bonchev–Trinajstić information content (AvgIpc) is 2.52. The minimum absolute atomic E-state index is 0.000152. The van der Waals surface area contributed by atoms with Gasteiger partial charge in [0.05, 0.1) is 20.2 Å². The first-order chi connectivity index (χ1) is 12.1. The lowest BCUT2D eigenvalue weighted by atomic mass is 10.1. The Kier molecular flexibility index (Phi) is 8.25. The van der Waals surface area contributed by atoms with Crippen LogP contribution in [0.1, 0.15) is 26.3 Å². The second-order valence-corrected chi connectivity index (χ2v) is 7.30. The third kappa shape index (κ3) is 8.62. The number of hydrogen-bond acceptors (Lipinski definition) is 5. The molecule has 144 valence electrons. The predicted octanol–water partition coefficient (Wildman–Crippen LogP) is 0.733. The van der Waals surface area contributed by atoms with E-state index in [1.807, 2.05) is 51.1 Å². The largest absolute Gasteiger partial charge is 0.467 e. The highest BCUT2D eigenvalue weighted by Gasteiger charge is 2.23. The van der Waals surface area contributed by atoms with E-state index in [0.717, 1.165) is 5.56 Å². The molecule has 7 heteroatoms. The highest BCUT2D eigenvalue weighted by molar-refractivity contribution is 5.86. The molecule has 1 aromatic rings. The van der Waals surface area contributed by atoms with E-state index in [2.05, 4.69) is 10.6 Å². The van der Waals surface area contributed by atoms with Gasteiger partial charge in [0.15, 0.2) is 0 Å². The molecule has 2 amide bonds. The van der Waals surface area contributed by atoms with Crippen LogP contribution in [0.4, 0.5) is 0 Å². The summed E-state index contributed by atoms with van der Waals surface area (Å²) in [6.45, 7) is 5.76. The number of benzene rings is 1. The molecular weight excluding hydrogens is 334 g/mol. The number of carbonyl (C=O) groups is 3. The molecule has 0 bridgehead atoms. The minimum atomic E-state index is -0.772. The number of carbonyl (C=O) groups excluding carboxylic acids is 3. The topological polar surface area (TPSA) is 87.7 Å². The van der Waals surface area contributed by atoms with E-state index >= 15 is 0 Å². The van der Waals surface area contributed by atoms with Crippen LogP contribution in [0, 0.1) is 0 Å². The molecule has 0 saturated heterocycles. The second kappa shape index (κ2) is 9.91. The number of esters is 1. The predicted molar refractivity (Wildman–Crippen MR) is 99.5 cm³/mol. The Balaban J connectivity index is 2.58. The van der Waals surface area contributed by atoms with Gasteiger partial charge >= 0.3 is 5.97 Å². The van der Waals surface area contributed by atoms with Crippen molar-refractivity contribution >= 4 is 17.8 Å². The highest BCUT2D eigenvalue weighted by atomic mass is 16.5. The fourth-order valence-electron chi connectivity index (χ4n) is 2.43. The maximum Gasteiger partial charge on any atom is 0.328 e. The van der Waals surface area contributed by atoms with E-state index < -0.39 is 12.0 Å². The van der Waals surface area contributed by atoms with Crippen LogP contribution in [0.15, 0.2) is 30.3 Å². The fourth-order valence-corrected chi connectivity index (χ4v) is 2.43. The number of rotatable bonds is 8. The van der Waals surface area contributed by atoms with Gasteiger partial charge in [0.2, 0.25) is 11.8 Å². The molecule has 0 fully saturated rings. The summed E-state index contributed by atoms with van der Waals surface area (Å²) in [5.74, 6) is -1.01. The number of amides is 2. The lowest BCUT2D eigenvalue weighted by Gasteiger charge is -2.23. The summed E-state index contributed by atoms with van der Waals surface area (Å²) in [6, 6.07) is 8.61. The third-order valence-electron chi connectivity index (χ3n) is 3.45. The van der Waals surface area contributed by atoms with Crippen LogP contribution in [0.3, 0.4) is 0 Å². The van der Waals surface area contributed by atoms with Crippen LogP contribution in [0.5, 0.6) is 0 Å². The van der Waals surface area contributed by atoms with E-state index in [1.54, 1.807) is 11.9 Å². The summed E-state index contributed by atoms with van der Waals surface area (Å²) >= 11 is 0. The number of nitrogens with zero attached hydrogens (tertiary/aromatic N) is 1. The molecule has 0 aliphatic carbocycles. The number of ether oxygens (including phenoxy) is 1. The van der Waals surface area contributed by atoms with Crippen molar-refractivity contribution in [1.82, 2.24) is 15.5 Å². The minimum Gasteiger partial charge on any atom is -0.467 e. The molecule has 1 rings (SSSR count). The first-order valence-electron chi connectivity index (χ1n) is 8.51. The van der Waals surface area contributed by atoms with E-state index in [-0.39, 0.29) is 30.4 Å². The molecule has 0 saturated carbocycles. The zero-order valence-corrected chi connectivity index (χ0v) is 16.2. The van der Waals surface area contributed by atoms with Crippen molar-refractivity contribution in [2.75, 3.05) is 27.2 Å². The molecule has 0 aliphatic heterocycles. The smallest absolute Gasteiger partial charge is 0.328 e. The van der Waals surface area contributed by atoms with Gasteiger partial charge in [-0.2, -0.15) is 0 Å². The van der Waals surface area contributed by atoms with E-state index in [4.69, 9.17) is 4.74 Å². The Morgan fingerprint density at radius 1 is 1.08 bits per heavy atom. The van der Waals surface area contributed by atoms with Crippen molar-refractivity contribution in [3.8, 4) is 0 Å². The summed E-state index contributed by atoms with van der Waals surface area (Å²) in [5.41, 5.74) is 0.590. The van der Waals surface area contributed by atoms with E-state index in [0.29, 0.717) is 6.42 Å². The van der Waals surface area contributed by atoms with Crippen LogP contribution in [0.25, 0.3) is 0 Å². The van der Waals surface area contributed by atoms with Gasteiger partial charge in [0.1, 0.15) is 6.04 Å². The average molecular weight is 363 g/mol. The van der Waals surface area contributed by atoms with Gasteiger partial charge in [-0.3, -0.25) is 14.5 Å². The standard InChI is InChI=1S/C19H29N3O4/c1-19(2,3)21-17(24)13-22(4)12-16(23)20-15(18(25)26-5)11-14-9-7-6-8-10-14/h6-10,15H,11-13H2,1-5H3,(H,20,23)(H,21,24). The maximum absolute atomic E-state index is 12.2. The van der Waals surface area contributed by atoms with Crippen molar-refractivity contribution < 1.29 is 19.1 Å². The van der Waals surface area contributed by atoms with Crippen molar-refractivity contribution in [3.05, 3.63) is 35.9 Å². The Morgan fingerprint density at radius 3 is 2.19 bits per heavy atom. The molecule has 7 nitrogen and oxygen atoms in total. The van der Waals surface area contributed by atoms with Crippen molar-refractivity contribution in [3.63, 3.8) is 0 Å². The van der Waals surface area contributed by atoms with Gasteiger partial charge < -0.3 is 15.4 Å². The molecule has 1 atom stereocenters. The van der Waals surface area contributed by atoms with E-state index in [9.17, 15) is 14.4 Å². The van der Waals surface area contributed by atoms with E-state index in [1.165, 1.54) is 7.11 Å². The summed E-state index contributed by atoms with van der Waals surface area (Å²) in [5, 5.41) is 5.52. The van der Waals surface area contributed by atoms with Crippen molar-refractivity contribution in [1.29, 1.82) is 0 Å². The van der Waals surface area contributed by atoms with Crippen molar-refractivity contribution in [2.24, 2.45) is 0 Å². The zero-order chi connectivity index (χ0) is 19.7. The van der Waals surface area contributed by atoms with Gasteiger partial charge in [-0.25, -0.2) is 4.79 Å². The third-order valence-corrected chi connectivity index (χ3v) is 3.45. The number of hydrogen-bond donors (Lipinski definition) is 2. The Bertz CT molecular complexity index is 611. The summed E-state index contributed by atoms with van der Waals surface area (Å²) in [4.78, 5) is 37.7. The molecule has 0 heterocycles. The Labute approximate surface area is 155 Å². The molecule has 1 aromatic carbocycles. The van der Waals surface area contributed by atoms with Gasteiger partial charge in [0.25, 0.3) is 0 Å². The molecule has 26 heavy (non-hydrogen) atoms. The van der Waals surface area contributed by atoms with Crippen LogP contribution in [-0.2, 0) is 25.5 Å². The van der Waals surface area contributed by atoms with Crippen molar-refractivity contribution in [2.45, 2.75) is 38.8 Å². The molecule has 0 spiro atoms. The van der Waals surface area contributed by atoms with Crippen LogP contribution < -0.4 is 10.6 Å². The molecular formula is C19H29N3O4. The highest BCUT2D eigenvalue weighted by Crippen LogP contribution is 2.05. The summed E-state index contributed by atoms with van der Waals surface area (Å²) in [6.07, 6.45) is 0.341. The SMILES string of the molecule is COC(=O)C(Cc1ccccc1)NC(=O)CN(C)CC(=O)NC(C)(C)C. The number of methoxy groups -OCH3 is 1. The molecule has 0 aromatic heterocycles. The van der Waals surface area contributed by atoms with Crippen LogP contribution >= 0.6 is 0 Å². The van der Waals surface area contributed by atoms with Gasteiger partial charge in [-0.15, -0.1) is 0 Å². The Morgan fingerprint density at radius 2 is 1.65 bits per heavy atom. The summed E-state index contributed by atoms with van der Waals surface area (Å²) < 4.78 is 4.78. The first-order valence-corrected chi connectivity index (χ1v) is 8.51. The Hall–Kier alpha value is -2.41. The van der Waals surface area contributed by atoms with Gasteiger partial charge in [-0.1, -0.05) is 30.3 Å². The zero-order valence-electron chi connectivity index (χ0n) is 16.2. The maximum atomic E-state index is 12.2. The first kappa shape index (κ1) is 21.6. The quantitative estimate of drug-likeness (QED) is 0.665. The lowest BCUT2D eigenvalue weighted by molar-refractivity contribution is -0.145. The lowest BCUT2D eigenvalue weighted by Crippen LogP contribution is -2.49. The summed E-state index contributed by atoms with van der Waals surface area (Å²) in [7, 11) is 2.96. The normalized spacial score (nSPS) is 12.4. The van der Waals surface area contributed by atoms with Crippen LogP contribution in [-0.4, -0.2) is 61.5 Å². The number of nitrogens with one attached hydrogen (secondary N) is 2. The van der Waals surface area contributed by atoms with Crippen LogP contribution in [0.2, 0.25) is 0 Å². The molecule has 0 aliphatic rings. The molecule has 2 N–H and O–H groups in total. The molecule has 1 unspecified atom stereocenters.